The molecule has 1 unspecified atom stereocenters. The third kappa shape index (κ3) is 2.80. The summed E-state index contributed by atoms with van der Waals surface area (Å²) in [5.41, 5.74) is 2.65. The monoisotopic (exact) mass is 301 g/mol. The molecule has 0 aromatic heterocycles. The summed E-state index contributed by atoms with van der Waals surface area (Å²) in [6.07, 6.45) is 1.96. The average molecular weight is 301 g/mol. The molecule has 1 aromatic carbocycles. The Morgan fingerprint density at radius 3 is 2.91 bits per heavy atom. The van der Waals surface area contributed by atoms with Crippen LogP contribution in [0.5, 0.6) is 0 Å². The summed E-state index contributed by atoms with van der Waals surface area (Å²) in [7, 11) is 0. The van der Waals surface area contributed by atoms with E-state index in [-0.39, 0.29) is 29.9 Å². The van der Waals surface area contributed by atoms with Crippen LogP contribution >= 0.6 is 0 Å². The van der Waals surface area contributed by atoms with Gasteiger partial charge in [0.15, 0.2) is 0 Å². The average Bonchev–Trinajstić information content (AvgIpc) is 2.50. The molecule has 1 aliphatic carbocycles. The van der Waals surface area contributed by atoms with Crippen LogP contribution in [0.25, 0.3) is 0 Å². The first kappa shape index (κ1) is 14.9. The van der Waals surface area contributed by atoms with Crippen LogP contribution in [-0.2, 0) is 10.2 Å². The number of nitrogens with one attached hydrogen (secondary N) is 2. The molecule has 1 heterocycles. The molecule has 3 rings (SSSR count). The lowest BCUT2D eigenvalue weighted by molar-refractivity contribution is -0.123. The molecule has 0 saturated carbocycles. The molecule has 5 heteroatoms. The first-order valence-electron chi connectivity index (χ1n) is 7.89. The van der Waals surface area contributed by atoms with Crippen LogP contribution in [0, 0.1) is 0 Å². The second-order valence-electron chi connectivity index (χ2n) is 6.78. The minimum Gasteiger partial charge on any atom is -0.353 e. The van der Waals surface area contributed by atoms with Crippen molar-refractivity contribution in [3.05, 3.63) is 35.4 Å². The first-order valence-corrected chi connectivity index (χ1v) is 7.89. The number of fused-ring (bicyclic) bond motifs is 1. The van der Waals surface area contributed by atoms with Gasteiger partial charge in [-0.25, -0.2) is 4.79 Å². The van der Waals surface area contributed by atoms with Crippen molar-refractivity contribution in [1.29, 1.82) is 0 Å². The third-order valence-corrected chi connectivity index (χ3v) is 4.75. The van der Waals surface area contributed by atoms with E-state index in [1.54, 1.807) is 4.90 Å². The Labute approximate surface area is 131 Å². The van der Waals surface area contributed by atoms with Crippen LogP contribution in [0.15, 0.2) is 24.3 Å². The molecule has 118 valence electrons. The van der Waals surface area contributed by atoms with Crippen LogP contribution in [0.1, 0.15) is 43.9 Å². The van der Waals surface area contributed by atoms with E-state index in [1.165, 1.54) is 11.1 Å². The normalized spacial score (nSPS) is 23.5. The Kier molecular flexibility index (Phi) is 3.81. The van der Waals surface area contributed by atoms with Crippen molar-refractivity contribution in [2.75, 3.05) is 19.6 Å². The van der Waals surface area contributed by atoms with Gasteiger partial charge in [-0.05, 0) is 29.4 Å². The van der Waals surface area contributed by atoms with Crippen LogP contribution in [0.2, 0.25) is 0 Å². The van der Waals surface area contributed by atoms with E-state index in [0.717, 1.165) is 12.8 Å². The maximum absolute atomic E-state index is 12.4. The van der Waals surface area contributed by atoms with Gasteiger partial charge in [0.1, 0.15) is 6.54 Å². The van der Waals surface area contributed by atoms with Gasteiger partial charge >= 0.3 is 6.03 Å². The number of benzene rings is 1. The lowest BCUT2D eigenvalue weighted by Crippen LogP contribution is -2.53. The quantitative estimate of drug-likeness (QED) is 0.833. The number of amides is 3. The van der Waals surface area contributed by atoms with Gasteiger partial charge in [-0.2, -0.15) is 0 Å². The second kappa shape index (κ2) is 5.63. The minimum absolute atomic E-state index is 0.0294. The Balaban J connectivity index is 1.76. The van der Waals surface area contributed by atoms with E-state index in [9.17, 15) is 9.59 Å². The van der Waals surface area contributed by atoms with Gasteiger partial charge in [0, 0.05) is 13.1 Å². The predicted octanol–water partition coefficient (Wildman–Crippen LogP) is 1.94. The largest absolute Gasteiger partial charge is 0.353 e. The van der Waals surface area contributed by atoms with Gasteiger partial charge in [0.2, 0.25) is 5.91 Å². The van der Waals surface area contributed by atoms with E-state index in [2.05, 4.69) is 42.7 Å². The zero-order chi connectivity index (χ0) is 15.7. The summed E-state index contributed by atoms with van der Waals surface area (Å²) in [5, 5.41) is 5.85. The molecule has 0 bridgehead atoms. The number of hydrogen-bond acceptors (Lipinski definition) is 2. The van der Waals surface area contributed by atoms with Gasteiger partial charge in [0.25, 0.3) is 0 Å². The SMILES string of the molecule is CC1(C)CCC(NC(=O)N2CCNC(=O)C2)c2ccccc21. The number of rotatable bonds is 1. The van der Waals surface area contributed by atoms with Crippen LogP contribution in [0.3, 0.4) is 0 Å². The fourth-order valence-corrected chi connectivity index (χ4v) is 3.41. The van der Waals surface area contributed by atoms with Crippen molar-refractivity contribution in [3.63, 3.8) is 0 Å². The second-order valence-corrected chi connectivity index (χ2v) is 6.78. The Bertz CT molecular complexity index is 597. The molecule has 1 saturated heterocycles. The fraction of sp³-hybridized carbons (Fsp3) is 0.529. The molecule has 1 aromatic rings. The number of nitrogens with zero attached hydrogens (tertiary/aromatic N) is 1. The summed E-state index contributed by atoms with van der Waals surface area (Å²) in [6, 6.07) is 8.22. The molecule has 1 aliphatic heterocycles. The Hall–Kier alpha value is -2.04. The standard InChI is InChI=1S/C17H23N3O2/c1-17(2)8-7-14(12-5-3-4-6-13(12)17)19-16(22)20-10-9-18-15(21)11-20/h3-6,14H,7-11H2,1-2H3,(H,18,21)(H,19,22). The number of carbonyl (C=O) groups is 2. The summed E-state index contributed by atoms with van der Waals surface area (Å²) >= 11 is 0. The summed E-state index contributed by atoms with van der Waals surface area (Å²) in [6.45, 7) is 5.74. The third-order valence-electron chi connectivity index (χ3n) is 4.75. The summed E-state index contributed by atoms with van der Waals surface area (Å²) < 4.78 is 0. The molecular formula is C17H23N3O2. The number of piperazine rings is 1. The molecule has 2 N–H and O–H groups in total. The van der Waals surface area contributed by atoms with Gasteiger partial charge < -0.3 is 15.5 Å². The molecule has 2 aliphatic rings. The molecule has 0 radical (unpaired) electrons. The van der Waals surface area contributed by atoms with E-state index in [0.29, 0.717) is 13.1 Å². The van der Waals surface area contributed by atoms with Gasteiger partial charge in [-0.15, -0.1) is 0 Å². The molecule has 0 spiro atoms. The summed E-state index contributed by atoms with van der Waals surface area (Å²) in [4.78, 5) is 25.4. The lowest BCUT2D eigenvalue weighted by Gasteiger charge is -2.38. The predicted molar refractivity (Wildman–Crippen MR) is 84.6 cm³/mol. The van der Waals surface area contributed by atoms with E-state index in [4.69, 9.17) is 0 Å². The maximum atomic E-state index is 12.4. The van der Waals surface area contributed by atoms with Gasteiger partial charge in [-0.3, -0.25) is 4.79 Å². The van der Waals surface area contributed by atoms with E-state index >= 15 is 0 Å². The zero-order valence-corrected chi connectivity index (χ0v) is 13.2. The first-order chi connectivity index (χ1) is 10.5. The van der Waals surface area contributed by atoms with Crippen molar-refractivity contribution >= 4 is 11.9 Å². The van der Waals surface area contributed by atoms with E-state index in [1.807, 2.05) is 6.07 Å². The number of hydrogen-bond donors (Lipinski definition) is 2. The van der Waals surface area contributed by atoms with Crippen molar-refractivity contribution in [3.8, 4) is 0 Å². The topological polar surface area (TPSA) is 61.4 Å². The molecule has 5 nitrogen and oxygen atoms in total. The highest BCUT2D eigenvalue weighted by molar-refractivity contribution is 5.85. The molecular weight excluding hydrogens is 278 g/mol. The highest BCUT2D eigenvalue weighted by Crippen LogP contribution is 2.41. The van der Waals surface area contributed by atoms with Gasteiger partial charge in [0.05, 0.1) is 6.04 Å². The van der Waals surface area contributed by atoms with Crippen molar-refractivity contribution < 1.29 is 9.59 Å². The maximum Gasteiger partial charge on any atom is 0.318 e. The summed E-state index contributed by atoms with van der Waals surface area (Å²) in [5.74, 6) is -0.0911. The Morgan fingerprint density at radius 2 is 2.14 bits per heavy atom. The molecule has 1 fully saturated rings. The molecule has 3 amide bonds. The molecule has 1 atom stereocenters. The fourth-order valence-electron chi connectivity index (χ4n) is 3.41. The van der Waals surface area contributed by atoms with E-state index < -0.39 is 0 Å². The Morgan fingerprint density at radius 1 is 1.36 bits per heavy atom. The smallest absolute Gasteiger partial charge is 0.318 e. The highest BCUT2D eigenvalue weighted by atomic mass is 16.2. The minimum atomic E-state index is -0.144. The zero-order valence-electron chi connectivity index (χ0n) is 13.2. The van der Waals surface area contributed by atoms with Crippen molar-refractivity contribution in [1.82, 2.24) is 15.5 Å². The van der Waals surface area contributed by atoms with Crippen molar-refractivity contribution in [2.45, 2.75) is 38.1 Å². The van der Waals surface area contributed by atoms with Gasteiger partial charge in [-0.1, -0.05) is 38.1 Å². The van der Waals surface area contributed by atoms with Crippen LogP contribution < -0.4 is 10.6 Å². The van der Waals surface area contributed by atoms with Crippen LogP contribution in [0.4, 0.5) is 4.79 Å². The highest BCUT2D eigenvalue weighted by Gasteiger charge is 2.33. The number of urea groups is 1. The van der Waals surface area contributed by atoms with Crippen molar-refractivity contribution in [2.24, 2.45) is 0 Å². The van der Waals surface area contributed by atoms with Crippen LogP contribution in [-0.4, -0.2) is 36.5 Å². The number of carbonyl (C=O) groups excluding carboxylic acids is 2. The molecule has 22 heavy (non-hydrogen) atoms. The lowest BCUT2D eigenvalue weighted by atomic mass is 9.71.